The molecule has 2 aromatic carbocycles. The zero-order valence-electron chi connectivity index (χ0n) is 29.8. The normalized spacial score (nSPS) is 12.7. The highest BCUT2D eigenvalue weighted by Crippen LogP contribution is 2.35. The Kier molecular flexibility index (Phi) is 11.9. The molecule has 45 heavy (non-hydrogen) atoms. The summed E-state index contributed by atoms with van der Waals surface area (Å²) >= 11 is 0. The molecule has 0 aromatic heterocycles. The van der Waals surface area contributed by atoms with Crippen molar-refractivity contribution in [2.45, 2.75) is 137 Å². The van der Waals surface area contributed by atoms with Crippen LogP contribution >= 0.6 is 0 Å². The van der Waals surface area contributed by atoms with Gasteiger partial charge in [0.15, 0.2) is 0 Å². The predicted octanol–water partition coefficient (Wildman–Crippen LogP) is 9.68. The molecule has 0 spiro atoms. The third-order valence-electron chi connectivity index (χ3n) is 8.03. The van der Waals surface area contributed by atoms with Gasteiger partial charge in [-0.1, -0.05) is 51.3 Å². The minimum Gasteiger partial charge on any atom is -0.488 e. The van der Waals surface area contributed by atoms with E-state index in [9.17, 15) is 9.59 Å². The molecule has 0 amide bonds. The molecule has 0 aliphatic carbocycles. The standard InChI is InChI=1S/C39H56O6/c1-27(2)33(40)44-37(9,10)25-23-35(5,6)42-31-19-15-29(16-20-31)39(13,14)30-17-21-32(22-18-30)43-36(7,8)24-26-38(11,12)45-34(41)28(3)4/h15-22H,1,3,23-26H2,2,4-14H3. The second-order valence-electron chi connectivity index (χ2n) is 15.3. The van der Waals surface area contributed by atoms with Crippen molar-refractivity contribution in [1.29, 1.82) is 0 Å². The molecule has 0 fully saturated rings. The topological polar surface area (TPSA) is 71.1 Å². The fraction of sp³-hybridized carbons (Fsp3) is 0.538. The minimum absolute atomic E-state index is 0.240. The molecular weight excluding hydrogens is 564 g/mol. The van der Waals surface area contributed by atoms with Crippen LogP contribution in [0.25, 0.3) is 0 Å². The summed E-state index contributed by atoms with van der Waals surface area (Å²) in [6.45, 7) is 30.9. The van der Waals surface area contributed by atoms with Gasteiger partial charge >= 0.3 is 11.9 Å². The van der Waals surface area contributed by atoms with Crippen LogP contribution in [0.1, 0.15) is 120 Å². The molecule has 0 radical (unpaired) electrons. The molecule has 248 valence electrons. The molecule has 0 aliphatic heterocycles. The molecule has 6 heteroatoms. The number of carbonyl (C=O) groups is 2. The largest absolute Gasteiger partial charge is 0.488 e. The summed E-state index contributed by atoms with van der Waals surface area (Å²) in [5.41, 5.74) is 0.769. The van der Waals surface area contributed by atoms with Gasteiger partial charge in [0.25, 0.3) is 0 Å². The average Bonchev–Trinajstić information content (AvgIpc) is 2.91. The lowest BCUT2D eigenvalue weighted by atomic mass is 9.78. The van der Waals surface area contributed by atoms with Crippen LogP contribution in [0.15, 0.2) is 72.8 Å². The smallest absolute Gasteiger partial charge is 0.333 e. The van der Waals surface area contributed by atoms with Crippen LogP contribution in [0.4, 0.5) is 0 Å². The van der Waals surface area contributed by atoms with Crippen molar-refractivity contribution in [2.24, 2.45) is 0 Å². The van der Waals surface area contributed by atoms with Crippen LogP contribution in [0.2, 0.25) is 0 Å². The monoisotopic (exact) mass is 620 g/mol. The van der Waals surface area contributed by atoms with E-state index in [1.807, 2.05) is 79.7 Å². The van der Waals surface area contributed by atoms with Crippen LogP contribution in [0.3, 0.4) is 0 Å². The summed E-state index contributed by atoms with van der Waals surface area (Å²) in [6.07, 6.45) is 2.73. The van der Waals surface area contributed by atoms with Crippen molar-refractivity contribution in [3.8, 4) is 11.5 Å². The van der Waals surface area contributed by atoms with E-state index >= 15 is 0 Å². The lowest BCUT2D eigenvalue weighted by Crippen LogP contribution is -2.35. The van der Waals surface area contributed by atoms with Crippen LogP contribution in [-0.4, -0.2) is 34.3 Å². The lowest BCUT2D eigenvalue weighted by molar-refractivity contribution is -0.153. The molecule has 0 atom stereocenters. The van der Waals surface area contributed by atoms with Gasteiger partial charge in [-0.3, -0.25) is 0 Å². The zero-order valence-corrected chi connectivity index (χ0v) is 29.8. The molecule has 6 nitrogen and oxygen atoms in total. The first-order chi connectivity index (χ1) is 20.4. The van der Waals surface area contributed by atoms with Crippen LogP contribution < -0.4 is 9.47 Å². The van der Waals surface area contributed by atoms with Gasteiger partial charge in [0.05, 0.1) is 0 Å². The fourth-order valence-electron chi connectivity index (χ4n) is 4.77. The minimum atomic E-state index is -0.612. The Morgan fingerprint density at radius 3 is 1.04 bits per heavy atom. The van der Waals surface area contributed by atoms with Crippen LogP contribution in [0, 0.1) is 0 Å². The SMILES string of the molecule is C=C(C)C(=O)OC(C)(C)CCC(C)(C)Oc1ccc(C(C)(C)c2ccc(OC(C)(C)CCC(C)(C)OC(=O)C(=C)C)cc2)cc1. The molecule has 0 saturated carbocycles. The maximum atomic E-state index is 12.0. The van der Waals surface area contributed by atoms with Crippen LogP contribution in [-0.2, 0) is 24.5 Å². The first-order valence-electron chi connectivity index (χ1n) is 15.8. The lowest BCUT2D eigenvalue weighted by Gasteiger charge is -2.32. The Morgan fingerprint density at radius 1 is 0.511 bits per heavy atom. The molecule has 2 rings (SSSR count). The highest BCUT2D eigenvalue weighted by atomic mass is 16.6. The maximum absolute atomic E-state index is 12.0. The predicted molar refractivity (Wildman–Crippen MR) is 183 cm³/mol. The molecule has 0 heterocycles. The van der Waals surface area contributed by atoms with Crippen molar-refractivity contribution in [3.05, 3.63) is 84.0 Å². The Bertz CT molecular complexity index is 1240. The number of rotatable bonds is 16. The molecule has 2 aromatic rings. The van der Waals surface area contributed by atoms with E-state index in [0.29, 0.717) is 36.8 Å². The number of ether oxygens (including phenoxy) is 4. The zero-order chi connectivity index (χ0) is 34.4. The van der Waals surface area contributed by atoms with Gasteiger partial charge in [-0.05, 0) is 130 Å². The molecular formula is C39H56O6. The fourth-order valence-corrected chi connectivity index (χ4v) is 4.77. The van der Waals surface area contributed by atoms with Gasteiger partial charge in [0.1, 0.15) is 33.9 Å². The van der Waals surface area contributed by atoms with E-state index in [1.54, 1.807) is 13.8 Å². The molecule has 0 unspecified atom stereocenters. The summed E-state index contributed by atoms with van der Waals surface area (Å²) in [5.74, 6) is 0.838. The third-order valence-corrected chi connectivity index (χ3v) is 8.03. The highest BCUT2D eigenvalue weighted by molar-refractivity contribution is 5.87. The quantitative estimate of drug-likeness (QED) is 0.137. The Balaban J connectivity index is 2.02. The van der Waals surface area contributed by atoms with Crippen molar-refractivity contribution < 1.29 is 28.5 Å². The van der Waals surface area contributed by atoms with Gasteiger partial charge < -0.3 is 18.9 Å². The number of benzene rings is 2. The van der Waals surface area contributed by atoms with E-state index in [-0.39, 0.29) is 17.4 Å². The first kappa shape index (κ1) is 37.6. The summed E-state index contributed by atoms with van der Waals surface area (Å²) in [7, 11) is 0. The average molecular weight is 621 g/mol. The van der Waals surface area contributed by atoms with E-state index in [0.717, 1.165) is 11.5 Å². The van der Waals surface area contributed by atoms with Gasteiger partial charge in [-0.2, -0.15) is 0 Å². The second kappa shape index (κ2) is 14.3. The molecule has 0 N–H and O–H groups in total. The number of hydrogen-bond donors (Lipinski definition) is 0. The number of carbonyl (C=O) groups excluding carboxylic acids is 2. The Hall–Kier alpha value is -3.54. The van der Waals surface area contributed by atoms with E-state index < -0.39 is 22.4 Å². The van der Waals surface area contributed by atoms with Gasteiger partial charge in [-0.25, -0.2) is 9.59 Å². The second-order valence-corrected chi connectivity index (χ2v) is 15.3. The van der Waals surface area contributed by atoms with Crippen molar-refractivity contribution in [3.63, 3.8) is 0 Å². The maximum Gasteiger partial charge on any atom is 0.333 e. The highest BCUT2D eigenvalue weighted by Gasteiger charge is 2.31. The van der Waals surface area contributed by atoms with Crippen molar-refractivity contribution >= 4 is 11.9 Å². The van der Waals surface area contributed by atoms with Crippen molar-refractivity contribution in [2.75, 3.05) is 0 Å². The van der Waals surface area contributed by atoms with Gasteiger partial charge in [0.2, 0.25) is 0 Å². The van der Waals surface area contributed by atoms with Crippen molar-refractivity contribution in [1.82, 2.24) is 0 Å². The third kappa shape index (κ3) is 12.1. The van der Waals surface area contributed by atoms with Crippen LogP contribution in [0.5, 0.6) is 11.5 Å². The summed E-state index contributed by atoms with van der Waals surface area (Å²) in [4.78, 5) is 24.0. The van der Waals surface area contributed by atoms with Gasteiger partial charge in [-0.15, -0.1) is 0 Å². The van der Waals surface area contributed by atoms with E-state index in [4.69, 9.17) is 18.9 Å². The number of hydrogen-bond acceptors (Lipinski definition) is 6. The Morgan fingerprint density at radius 2 is 0.778 bits per heavy atom. The molecule has 0 bridgehead atoms. The van der Waals surface area contributed by atoms with E-state index in [1.165, 1.54) is 11.1 Å². The van der Waals surface area contributed by atoms with Gasteiger partial charge in [0, 0.05) is 16.6 Å². The van der Waals surface area contributed by atoms with E-state index in [2.05, 4.69) is 51.3 Å². The summed E-state index contributed by atoms with van der Waals surface area (Å²) in [5, 5.41) is 0. The molecule has 0 aliphatic rings. The first-order valence-corrected chi connectivity index (χ1v) is 15.8. The summed E-state index contributed by atoms with van der Waals surface area (Å²) in [6, 6.07) is 16.5. The molecule has 0 saturated heterocycles. The Labute approximate surface area is 272 Å². The number of esters is 2. The summed E-state index contributed by atoms with van der Waals surface area (Å²) < 4.78 is 23.9.